The van der Waals surface area contributed by atoms with Crippen LogP contribution >= 0.6 is 11.8 Å². The molecule has 0 saturated carbocycles. The molecule has 0 aliphatic heterocycles. The Morgan fingerprint density at radius 2 is 2.31 bits per heavy atom. The molecule has 0 aromatic heterocycles. The quantitative estimate of drug-likeness (QED) is 0.372. The smallest absolute Gasteiger partial charge is 0.310 e. The van der Waals surface area contributed by atoms with E-state index in [-0.39, 0.29) is 11.4 Å². The number of aliphatic hydroxyl groups excluding tert-OH is 1. The number of nitro benzene ring substituents is 1. The maximum absolute atomic E-state index is 10.6. The van der Waals surface area contributed by atoms with Crippen LogP contribution in [0.25, 0.3) is 0 Å². The van der Waals surface area contributed by atoms with Crippen molar-refractivity contribution >= 4 is 17.4 Å². The minimum Gasteiger partial charge on any atom is -0.490 e. The van der Waals surface area contributed by atoms with E-state index >= 15 is 0 Å². The molecular weight excluding hydrogens is 230 g/mol. The maximum Gasteiger partial charge on any atom is 0.310 e. The number of ether oxygens (including phenoxy) is 1. The average Bonchev–Trinajstić information content (AvgIpc) is 2.28. The molecule has 0 amide bonds. The Labute approximate surface area is 97.6 Å². The number of methoxy groups -OCH3 is 1. The van der Waals surface area contributed by atoms with Crippen molar-refractivity contribution in [2.24, 2.45) is 0 Å². The second kappa shape index (κ2) is 5.72. The highest BCUT2D eigenvalue weighted by atomic mass is 32.2. The van der Waals surface area contributed by atoms with E-state index in [9.17, 15) is 15.2 Å². The predicted octanol–water partition coefficient (Wildman–Crippen LogP) is 2.42. The first-order valence-electron chi connectivity index (χ1n) is 4.75. The minimum atomic E-state index is -0.508. The molecule has 6 heteroatoms. The third-order valence-corrected chi connectivity index (χ3v) is 3.10. The van der Waals surface area contributed by atoms with Gasteiger partial charge in [0.05, 0.1) is 12.0 Å². The summed E-state index contributed by atoms with van der Waals surface area (Å²) in [6.45, 7) is 1.86. The molecule has 0 fully saturated rings. The lowest BCUT2D eigenvalue weighted by molar-refractivity contribution is -0.385. The molecule has 1 N–H and O–H groups in total. The van der Waals surface area contributed by atoms with Crippen LogP contribution in [0.15, 0.2) is 23.1 Å². The highest BCUT2D eigenvalue weighted by Gasteiger charge is 2.15. The number of benzene rings is 1. The summed E-state index contributed by atoms with van der Waals surface area (Å²) in [6.07, 6.45) is 0.615. The molecule has 1 aromatic rings. The average molecular weight is 243 g/mol. The van der Waals surface area contributed by atoms with E-state index < -0.39 is 10.4 Å². The first-order valence-corrected chi connectivity index (χ1v) is 5.63. The van der Waals surface area contributed by atoms with Crippen molar-refractivity contribution in [3.05, 3.63) is 28.3 Å². The van der Waals surface area contributed by atoms with Crippen LogP contribution in [0.2, 0.25) is 0 Å². The number of aliphatic hydroxyl groups is 1. The molecule has 0 aliphatic rings. The Balaban J connectivity index is 2.95. The number of nitrogens with zero attached hydrogens (tertiary/aromatic N) is 1. The lowest BCUT2D eigenvalue weighted by atomic mass is 10.3. The molecule has 0 bridgehead atoms. The van der Waals surface area contributed by atoms with E-state index in [1.165, 1.54) is 24.9 Å². The lowest BCUT2D eigenvalue weighted by Crippen LogP contribution is -1.98. The molecule has 0 heterocycles. The summed E-state index contributed by atoms with van der Waals surface area (Å²) in [5, 5.41) is 20.1. The maximum atomic E-state index is 10.6. The summed E-state index contributed by atoms with van der Waals surface area (Å²) in [5.74, 6) is 0.207. The van der Waals surface area contributed by atoms with E-state index in [0.29, 0.717) is 6.42 Å². The van der Waals surface area contributed by atoms with Crippen LogP contribution in [0.3, 0.4) is 0 Å². The molecule has 1 atom stereocenters. The van der Waals surface area contributed by atoms with Crippen LogP contribution < -0.4 is 4.74 Å². The molecule has 1 aromatic carbocycles. The zero-order chi connectivity index (χ0) is 12.1. The predicted molar refractivity (Wildman–Crippen MR) is 61.8 cm³/mol. The monoisotopic (exact) mass is 243 g/mol. The van der Waals surface area contributed by atoms with Gasteiger partial charge in [-0.25, -0.2) is 0 Å². The molecule has 1 rings (SSSR count). The van der Waals surface area contributed by atoms with Crippen LogP contribution in [0.5, 0.6) is 5.75 Å². The second-order valence-electron chi connectivity index (χ2n) is 3.07. The van der Waals surface area contributed by atoms with Gasteiger partial charge in [-0.15, -0.1) is 0 Å². The highest BCUT2D eigenvalue weighted by Crippen LogP contribution is 2.33. The molecule has 0 radical (unpaired) electrons. The van der Waals surface area contributed by atoms with Crippen molar-refractivity contribution < 1.29 is 14.8 Å². The van der Waals surface area contributed by atoms with Gasteiger partial charge in [0.15, 0.2) is 5.75 Å². The molecule has 0 saturated heterocycles. The van der Waals surface area contributed by atoms with Gasteiger partial charge in [-0.1, -0.05) is 18.7 Å². The van der Waals surface area contributed by atoms with Crippen molar-refractivity contribution in [1.29, 1.82) is 0 Å². The summed E-state index contributed by atoms with van der Waals surface area (Å²) in [6, 6.07) is 4.54. The van der Waals surface area contributed by atoms with Gasteiger partial charge >= 0.3 is 5.69 Å². The third kappa shape index (κ3) is 3.11. The van der Waals surface area contributed by atoms with Crippen molar-refractivity contribution in [2.75, 3.05) is 7.11 Å². The van der Waals surface area contributed by atoms with Crippen molar-refractivity contribution in [2.45, 2.75) is 23.7 Å². The number of hydrogen-bond acceptors (Lipinski definition) is 5. The molecule has 16 heavy (non-hydrogen) atoms. The number of nitro groups is 1. The Morgan fingerprint density at radius 3 is 2.81 bits per heavy atom. The summed E-state index contributed by atoms with van der Waals surface area (Å²) < 4.78 is 4.93. The topological polar surface area (TPSA) is 72.6 Å². The van der Waals surface area contributed by atoms with E-state index in [4.69, 9.17) is 4.74 Å². The van der Waals surface area contributed by atoms with Crippen LogP contribution in [-0.4, -0.2) is 22.6 Å². The van der Waals surface area contributed by atoms with E-state index in [1.54, 1.807) is 12.1 Å². The van der Waals surface area contributed by atoms with Crippen LogP contribution in [0.1, 0.15) is 13.3 Å². The first-order chi connectivity index (χ1) is 7.58. The Hall–Kier alpha value is -1.27. The number of rotatable bonds is 5. The largest absolute Gasteiger partial charge is 0.490 e. The summed E-state index contributed by atoms with van der Waals surface area (Å²) in [5.41, 5.74) is -0.580. The number of hydrogen-bond donors (Lipinski definition) is 1. The Kier molecular flexibility index (Phi) is 4.57. The van der Waals surface area contributed by atoms with Gasteiger partial charge in [0.1, 0.15) is 5.44 Å². The van der Waals surface area contributed by atoms with E-state index in [0.717, 1.165) is 4.90 Å². The molecule has 88 valence electrons. The summed E-state index contributed by atoms with van der Waals surface area (Å²) in [4.78, 5) is 10.9. The fourth-order valence-corrected chi connectivity index (χ4v) is 1.93. The highest BCUT2D eigenvalue weighted by molar-refractivity contribution is 7.99. The number of thioether (sulfide) groups is 1. The minimum absolute atomic E-state index is 0.0714. The van der Waals surface area contributed by atoms with Crippen molar-refractivity contribution in [1.82, 2.24) is 0 Å². The zero-order valence-corrected chi connectivity index (χ0v) is 9.86. The lowest BCUT2D eigenvalue weighted by Gasteiger charge is -2.08. The van der Waals surface area contributed by atoms with Crippen molar-refractivity contribution in [3.63, 3.8) is 0 Å². The Morgan fingerprint density at radius 1 is 1.62 bits per heavy atom. The first kappa shape index (κ1) is 12.8. The van der Waals surface area contributed by atoms with E-state index in [1.807, 2.05) is 6.92 Å². The Bertz CT molecular complexity index is 383. The molecule has 0 spiro atoms. The SMILES string of the molecule is CCC(O)Sc1ccc([N+](=O)[O-])c(OC)c1. The zero-order valence-electron chi connectivity index (χ0n) is 9.04. The van der Waals surface area contributed by atoms with Gasteiger partial charge in [-0.3, -0.25) is 10.1 Å². The normalized spacial score (nSPS) is 12.2. The molecule has 0 aliphatic carbocycles. The molecular formula is C10H13NO4S. The standard InChI is InChI=1S/C10H13NO4S/c1-3-10(12)16-7-4-5-8(11(13)14)9(6-7)15-2/h4-6,10,12H,3H2,1-2H3. The van der Waals surface area contributed by atoms with Crippen LogP contribution in [0.4, 0.5) is 5.69 Å². The van der Waals surface area contributed by atoms with Gasteiger partial charge in [0.2, 0.25) is 0 Å². The van der Waals surface area contributed by atoms with Crippen LogP contribution in [-0.2, 0) is 0 Å². The van der Waals surface area contributed by atoms with Crippen LogP contribution in [0, 0.1) is 10.1 Å². The summed E-state index contributed by atoms with van der Waals surface area (Å²) >= 11 is 1.25. The third-order valence-electron chi connectivity index (χ3n) is 1.97. The van der Waals surface area contributed by atoms with E-state index in [2.05, 4.69) is 0 Å². The molecule has 5 nitrogen and oxygen atoms in total. The summed E-state index contributed by atoms with van der Waals surface area (Å²) in [7, 11) is 1.38. The van der Waals surface area contributed by atoms with Crippen molar-refractivity contribution in [3.8, 4) is 5.75 Å². The van der Waals surface area contributed by atoms with Gasteiger partial charge in [0, 0.05) is 17.0 Å². The van der Waals surface area contributed by atoms with Gasteiger partial charge < -0.3 is 9.84 Å². The van der Waals surface area contributed by atoms with Gasteiger partial charge in [-0.2, -0.15) is 0 Å². The van der Waals surface area contributed by atoms with Gasteiger partial charge in [0.25, 0.3) is 0 Å². The fraction of sp³-hybridized carbons (Fsp3) is 0.400. The second-order valence-corrected chi connectivity index (χ2v) is 4.32. The molecule has 1 unspecified atom stereocenters. The fourth-order valence-electron chi connectivity index (χ4n) is 1.12. The van der Waals surface area contributed by atoms with Gasteiger partial charge in [-0.05, 0) is 12.5 Å².